The zero-order valence-electron chi connectivity index (χ0n) is 10.8. The van der Waals surface area contributed by atoms with Crippen LogP contribution >= 0.6 is 0 Å². The summed E-state index contributed by atoms with van der Waals surface area (Å²) in [4.78, 5) is 2.12. The van der Waals surface area contributed by atoms with Crippen LogP contribution in [0.1, 0.15) is 18.1 Å². The number of hydrogen-bond acceptors (Lipinski definition) is 4. The standard InChI is InChI=1S/C13H19NO3S/c1-10-7-13(4-3-12(10)8-15)14-5-6-18(16,17)9-11(14)2/h3-4,7,11,15H,5-6,8-9H2,1-2H3. The second-order valence-electron chi connectivity index (χ2n) is 4.93. The molecule has 0 radical (unpaired) electrons. The van der Waals surface area contributed by atoms with Crippen LogP contribution in [0.15, 0.2) is 18.2 Å². The van der Waals surface area contributed by atoms with Gasteiger partial charge in [0.15, 0.2) is 9.84 Å². The minimum Gasteiger partial charge on any atom is -0.392 e. The number of aryl methyl sites for hydroxylation is 1. The van der Waals surface area contributed by atoms with Gasteiger partial charge < -0.3 is 10.0 Å². The number of benzene rings is 1. The minimum absolute atomic E-state index is 0.00289. The molecule has 1 N–H and O–H groups in total. The van der Waals surface area contributed by atoms with E-state index < -0.39 is 9.84 Å². The summed E-state index contributed by atoms with van der Waals surface area (Å²) in [5.74, 6) is 0.436. The molecule has 0 aliphatic carbocycles. The van der Waals surface area contributed by atoms with E-state index in [-0.39, 0.29) is 24.2 Å². The lowest BCUT2D eigenvalue weighted by molar-refractivity contribution is 0.281. The summed E-state index contributed by atoms with van der Waals surface area (Å²) < 4.78 is 23.1. The highest BCUT2D eigenvalue weighted by Crippen LogP contribution is 2.24. The van der Waals surface area contributed by atoms with Crippen molar-refractivity contribution in [2.75, 3.05) is 23.0 Å². The Hall–Kier alpha value is -1.07. The molecule has 0 spiro atoms. The van der Waals surface area contributed by atoms with Gasteiger partial charge in [-0.1, -0.05) is 6.07 Å². The fourth-order valence-corrected chi connectivity index (χ4v) is 3.97. The van der Waals surface area contributed by atoms with E-state index in [0.29, 0.717) is 6.54 Å². The summed E-state index contributed by atoms with van der Waals surface area (Å²) in [6, 6.07) is 5.87. The van der Waals surface area contributed by atoms with Crippen LogP contribution in [-0.2, 0) is 16.4 Å². The van der Waals surface area contributed by atoms with E-state index in [1.54, 1.807) is 0 Å². The van der Waals surface area contributed by atoms with Crippen molar-refractivity contribution in [2.45, 2.75) is 26.5 Å². The third-order valence-corrected chi connectivity index (χ3v) is 5.29. The van der Waals surface area contributed by atoms with Crippen molar-refractivity contribution in [1.29, 1.82) is 0 Å². The van der Waals surface area contributed by atoms with Crippen molar-refractivity contribution in [2.24, 2.45) is 0 Å². The zero-order chi connectivity index (χ0) is 13.3. The Morgan fingerprint density at radius 1 is 1.44 bits per heavy atom. The Bertz CT molecular complexity index is 539. The molecule has 0 bridgehead atoms. The van der Waals surface area contributed by atoms with E-state index in [1.807, 2.05) is 32.0 Å². The quantitative estimate of drug-likeness (QED) is 0.874. The average Bonchev–Trinajstić information content (AvgIpc) is 2.27. The van der Waals surface area contributed by atoms with Crippen LogP contribution in [0.5, 0.6) is 0 Å². The Morgan fingerprint density at radius 2 is 2.17 bits per heavy atom. The van der Waals surface area contributed by atoms with Gasteiger partial charge in [0.25, 0.3) is 0 Å². The van der Waals surface area contributed by atoms with E-state index >= 15 is 0 Å². The van der Waals surface area contributed by atoms with Gasteiger partial charge in [0, 0.05) is 18.3 Å². The van der Waals surface area contributed by atoms with Crippen LogP contribution in [0.3, 0.4) is 0 Å². The van der Waals surface area contributed by atoms with E-state index in [9.17, 15) is 8.42 Å². The number of aliphatic hydroxyl groups is 1. The Morgan fingerprint density at radius 3 is 2.72 bits per heavy atom. The summed E-state index contributed by atoms with van der Waals surface area (Å²) in [5, 5.41) is 9.15. The van der Waals surface area contributed by atoms with Gasteiger partial charge in [-0.05, 0) is 37.1 Å². The Labute approximate surface area is 108 Å². The zero-order valence-corrected chi connectivity index (χ0v) is 11.6. The van der Waals surface area contributed by atoms with Crippen LogP contribution in [-0.4, -0.2) is 37.6 Å². The van der Waals surface area contributed by atoms with E-state index in [2.05, 4.69) is 4.90 Å². The molecule has 1 saturated heterocycles. The summed E-state index contributed by atoms with van der Waals surface area (Å²) >= 11 is 0. The highest BCUT2D eigenvalue weighted by atomic mass is 32.2. The van der Waals surface area contributed by atoms with Gasteiger partial charge in [-0.3, -0.25) is 0 Å². The molecule has 1 atom stereocenters. The number of nitrogens with zero attached hydrogens (tertiary/aromatic N) is 1. The molecular formula is C13H19NO3S. The van der Waals surface area contributed by atoms with E-state index in [0.717, 1.165) is 16.8 Å². The van der Waals surface area contributed by atoms with Crippen LogP contribution in [0.2, 0.25) is 0 Å². The van der Waals surface area contributed by atoms with E-state index in [4.69, 9.17) is 5.11 Å². The summed E-state index contributed by atoms with van der Waals surface area (Å²) in [6.45, 7) is 4.48. The van der Waals surface area contributed by atoms with Gasteiger partial charge in [0.2, 0.25) is 0 Å². The molecule has 4 nitrogen and oxygen atoms in total. The molecule has 1 unspecified atom stereocenters. The molecule has 5 heteroatoms. The first kappa shape index (κ1) is 13.4. The molecule has 0 saturated carbocycles. The SMILES string of the molecule is Cc1cc(N2CCS(=O)(=O)CC2C)ccc1CO. The molecule has 1 aromatic rings. The number of hydrogen-bond donors (Lipinski definition) is 1. The smallest absolute Gasteiger partial charge is 0.154 e. The van der Waals surface area contributed by atoms with Gasteiger partial charge in [0.1, 0.15) is 0 Å². The molecule has 1 aromatic carbocycles. The molecule has 0 aromatic heterocycles. The number of rotatable bonds is 2. The van der Waals surface area contributed by atoms with Crippen molar-refractivity contribution in [3.8, 4) is 0 Å². The fourth-order valence-electron chi connectivity index (χ4n) is 2.42. The topological polar surface area (TPSA) is 57.6 Å². The Balaban J connectivity index is 2.25. The molecule has 1 fully saturated rings. The molecule has 100 valence electrons. The van der Waals surface area contributed by atoms with Crippen LogP contribution in [0, 0.1) is 6.92 Å². The van der Waals surface area contributed by atoms with Gasteiger partial charge in [-0.15, -0.1) is 0 Å². The van der Waals surface area contributed by atoms with Gasteiger partial charge in [-0.2, -0.15) is 0 Å². The largest absolute Gasteiger partial charge is 0.392 e. The maximum absolute atomic E-state index is 11.5. The summed E-state index contributed by atoms with van der Waals surface area (Å²) in [7, 11) is -2.88. The van der Waals surface area contributed by atoms with Crippen LogP contribution in [0.4, 0.5) is 5.69 Å². The number of anilines is 1. The van der Waals surface area contributed by atoms with Crippen LogP contribution < -0.4 is 4.90 Å². The van der Waals surface area contributed by atoms with Gasteiger partial charge in [0.05, 0.1) is 18.1 Å². The lowest BCUT2D eigenvalue weighted by atomic mass is 10.1. The lowest BCUT2D eigenvalue weighted by Gasteiger charge is -2.35. The molecule has 1 heterocycles. The van der Waals surface area contributed by atoms with Crippen molar-refractivity contribution < 1.29 is 13.5 Å². The third kappa shape index (κ3) is 2.67. The molecular weight excluding hydrogens is 250 g/mol. The van der Waals surface area contributed by atoms with Crippen molar-refractivity contribution >= 4 is 15.5 Å². The fraction of sp³-hybridized carbons (Fsp3) is 0.538. The monoisotopic (exact) mass is 269 g/mol. The van der Waals surface area contributed by atoms with Gasteiger partial charge >= 0.3 is 0 Å². The molecule has 1 aliphatic rings. The number of sulfone groups is 1. The lowest BCUT2D eigenvalue weighted by Crippen LogP contribution is -2.47. The summed E-state index contributed by atoms with van der Waals surface area (Å²) in [6.07, 6.45) is 0. The first-order valence-corrected chi connectivity index (χ1v) is 7.92. The summed E-state index contributed by atoms with van der Waals surface area (Å²) in [5.41, 5.74) is 2.98. The predicted octanol–water partition coefficient (Wildman–Crippen LogP) is 1.11. The van der Waals surface area contributed by atoms with Crippen molar-refractivity contribution in [1.82, 2.24) is 0 Å². The van der Waals surface area contributed by atoms with E-state index in [1.165, 1.54) is 0 Å². The van der Waals surface area contributed by atoms with Crippen molar-refractivity contribution in [3.05, 3.63) is 29.3 Å². The Kier molecular flexibility index (Phi) is 3.64. The first-order chi connectivity index (χ1) is 8.43. The maximum Gasteiger partial charge on any atom is 0.154 e. The molecule has 2 rings (SSSR count). The molecule has 1 aliphatic heterocycles. The van der Waals surface area contributed by atoms with Crippen LogP contribution in [0.25, 0.3) is 0 Å². The molecule has 18 heavy (non-hydrogen) atoms. The highest BCUT2D eigenvalue weighted by Gasteiger charge is 2.28. The normalized spacial score (nSPS) is 23.1. The molecule has 0 amide bonds. The number of aliphatic hydroxyl groups excluding tert-OH is 1. The first-order valence-electron chi connectivity index (χ1n) is 6.10. The predicted molar refractivity (Wildman–Crippen MR) is 72.6 cm³/mol. The average molecular weight is 269 g/mol. The highest BCUT2D eigenvalue weighted by molar-refractivity contribution is 7.91. The minimum atomic E-state index is -2.88. The second kappa shape index (κ2) is 4.90. The maximum atomic E-state index is 11.5. The second-order valence-corrected chi connectivity index (χ2v) is 7.15. The van der Waals surface area contributed by atoms with Gasteiger partial charge in [-0.25, -0.2) is 8.42 Å². The third-order valence-electron chi connectivity index (χ3n) is 3.50. The van der Waals surface area contributed by atoms with Crippen molar-refractivity contribution in [3.63, 3.8) is 0 Å².